The van der Waals surface area contributed by atoms with Crippen LogP contribution in [-0.4, -0.2) is 51.8 Å². The van der Waals surface area contributed by atoms with Crippen molar-refractivity contribution in [2.24, 2.45) is 5.92 Å². The summed E-state index contributed by atoms with van der Waals surface area (Å²) in [6.45, 7) is 0.708. The molecule has 1 saturated heterocycles. The van der Waals surface area contributed by atoms with Crippen molar-refractivity contribution in [3.8, 4) is 11.3 Å². The highest BCUT2D eigenvalue weighted by molar-refractivity contribution is 6.07. The van der Waals surface area contributed by atoms with Gasteiger partial charge in [0.05, 0.1) is 22.9 Å². The minimum absolute atomic E-state index is 0.0560. The molecule has 2 aromatic carbocycles. The van der Waals surface area contributed by atoms with Gasteiger partial charge in [-0.15, -0.1) is 0 Å². The van der Waals surface area contributed by atoms with Gasteiger partial charge in [-0.25, -0.2) is 4.98 Å². The van der Waals surface area contributed by atoms with E-state index in [9.17, 15) is 15.0 Å². The SMILES string of the molecule is O=C(c1cc(-c2ccccc2)nc2ccccc12)N1CC[C@H](CO)[C@@H](O)C1. The molecule has 0 radical (unpaired) electrons. The number of likely N-dealkylation sites (tertiary alicyclic amines) is 1. The second-order valence-corrected chi connectivity index (χ2v) is 6.99. The zero-order valence-corrected chi connectivity index (χ0v) is 15.0. The summed E-state index contributed by atoms with van der Waals surface area (Å²) in [5, 5.41) is 20.4. The van der Waals surface area contributed by atoms with Crippen molar-refractivity contribution in [1.82, 2.24) is 9.88 Å². The highest BCUT2D eigenvalue weighted by Gasteiger charge is 2.31. The molecule has 0 bridgehead atoms. The molecular formula is C22H22N2O3. The van der Waals surface area contributed by atoms with E-state index in [1.54, 1.807) is 4.90 Å². The molecule has 3 aromatic rings. The van der Waals surface area contributed by atoms with Crippen molar-refractivity contribution in [2.75, 3.05) is 19.7 Å². The van der Waals surface area contributed by atoms with Gasteiger partial charge in [0, 0.05) is 36.6 Å². The molecule has 1 amide bonds. The van der Waals surface area contributed by atoms with Gasteiger partial charge < -0.3 is 15.1 Å². The monoisotopic (exact) mass is 362 g/mol. The molecule has 0 saturated carbocycles. The van der Waals surface area contributed by atoms with Gasteiger partial charge in [0.2, 0.25) is 0 Å². The summed E-state index contributed by atoms with van der Waals surface area (Å²) in [6, 6.07) is 19.3. The van der Waals surface area contributed by atoms with Crippen molar-refractivity contribution in [1.29, 1.82) is 0 Å². The molecule has 0 unspecified atom stereocenters. The van der Waals surface area contributed by atoms with Crippen LogP contribution in [0.4, 0.5) is 0 Å². The first kappa shape index (κ1) is 17.6. The van der Waals surface area contributed by atoms with Gasteiger partial charge in [-0.05, 0) is 18.6 Å². The van der Waals surface area contributed by atoms with Crippen LogP contribution in [0.25, 0.3) is 22.2 Å². The third kappa shape index (κ3) is 3.44. The Balaban J connectivity index is 1.75. The van der Waals surface area contributed by atoms with E-state index in [0.717, 1.165) is 22.2 Å². The number of rotatable bonds is 3. The number of β-amino-alcohol motifs (C(OH)–C–C–N with tert-alkyl or cyclic N) is 1. The summed E-state index contributed by atoms with van der Waals surface area (Å²) in [6.07, 6.45) is -0.104. The number of carbonyl (C=O) groups excluding carboxylic acids is 1. The molecule has 138 valence electrons. The van der Waals surface area contributed by atoms with Crippen LogP contribution in [0.2, 0.25) is 0 Å². The van der Waals surface area contributed by atoms with Crippen LogP contribution in [0.3, 0.4) is 0 Å². The maximum Gasteiger partial charge on any atom is 0.254 e. The third-order valence-corrected chi connectivity index (χ3v) is 5.26. The number of benzene rings is 2. The summed E-state index contributed by atoms with van der Waals surface area (Å²) in [5.74, 6) is -0.274. The maximum absolute atomic E-state index is 13.3. The van der Waals surface area contributed by atoms with Gasteiger partial charge in [-0.1, -0.05) is 48.5 Å². The lowest BCUT2D eigenvalue weighted by molar-refractivity contribution is 0.000951. The summed E-state index contributed by atoms with van der Waals surface area (Å²) >= 11 is 0. The average Bonchev–Trinajstić information content (AvgIpc) is 2.73. The van der Waals surface area contributed by atoms with Crippen molar-refractivity contribution < 1.29 is 15.0 Å². The Kier molecular flexibility index (Phi) is 4.88. The van der Waals surface area contributed by atoms with Crippen molar-refractivity contribution >= 4 is 16.8 Å². The lowest BCUT2D eigenvalue weighted by atomic mass is 9.94. The van der Waals surface area contributed by atoms with Crippen LogP contribution in [0.15, 0.2) is 60.7 Å². The lowest BCUT2D eigenvalue weighted by Crippen LogP contribution is -2.47. The Morgan fingerprint density at radius 1 is 1.11 bits per heavy atom. The van der Waals surface area contributed by atoms with E-state index >= 15 is 0 Å². The van der Waals surface area contributed by atoms with Crippen LogP contribution in [-0.2, 0) is 0 Å². The summed E-state index contributed by atoms with van der Waals surface area (Å²) in [5.41, 5.74) is 3.07. The number of aromatic nitrogens is 1. The number of amides is 1. The van der Waals surface area contributed by atoms with E-state index in [2.05, 4.69) is 0 Å². The Morgan fingerprint density at radius 2 is 1.85 bits per heavy atom. The smallest absolute Gasteiger partial charge is 0.254 e. The second-order valence-electron chi connectivity index (χ2n) is 6.99. The molecule has 0 spiro atoms. The number of piperidine rings is 1. The Labute approximate surface area is 157 Å². The fourth-order valence-electron chi connectivity index (χ4n) is 3.66. The minimum atomic E-state index is -0.700. The Morgan fingerprint density at radius 3 is 2.59 bits per heavy atom. The molecule has 2 N–H and O–H groups in total. The molecule has 1 aromatic heterocycles. The number of carbonyl (C=O) groups is 1. The predicted molar refractivity (Wildman–Crippen MR) is 104 cm³/mol. The van der Waals surface area contributed by atoms with Gasteiger partial charge >= 0.3 is 0 Å². The average molecular weight is 362 g/mol. The van der Waals surface area contributed by atoms with E-state index in [1.807, 2.05) is 60.7 Å². The Bertz CT molecular complexity index is 958. The zero-order chi connectivity index (χ0) is 18.8. The fraction of sp³-hybridized carbons (Fsp3) is 0.273. The molecule has 1 aliphatic rings. The molecule has 5 heteroatoms. The number of para-hydroxylation sites is 1. The molecular weight excluding hydrogens is 340 g/mol. The number of nitrogens with zero attached hydrogens (tertiary/aromatic N) is 2. The van der Waals surface area contributed by atoms with Crippen LogP contribution in [0.1, 0.15) is 16.8 Å². The molecule has 2 heterocycles. The second kappa shape index (κ2) is 7.47. The van der Waals surface area contributed by atoms with Gasteiger partial charge in [-0.3, -0.25) is 4.79 Å². The lowest BCUT2D eigenvalue weighted by Gasteiger charge is -2.35. The van der Waals surface area contributed by atoms with E-state index in [-0.39, 0.29) is 25.0 Å². The molecule has 1 aliphatic heterocycles. The first-order valence-corrected chi connectivity index (χ1v) is 9.21. The van der Waals surface area contributed by atoms with Gasteiger partial charge in [-0.2, -0.15) is 0 Å². The molecule has 1 fully saturated rings. The standard InChI is InChI=1S/C22H22N2O3/c25-14-16-10-11-24(13-21(16)26)22(27)18-12-20(15-6-2-1-3-7-15)23-19-9-5-4-8-17(18)19/h1-9,12,16,21,25-26H,10-11,13-14H2/t16-,21+/m1/s1. The number of aliphatic hydroxyl groups is 2. The summed E-state index contributed by atoms with van der Waals surface area (Å²) in [7, 11) is 0. The van der Waals surface area contributed by atoms with E-state index in [1.165, 1.54) is 0 Å². The largest absolute Gasteiger partial charge is 0.396 e. The number of hydrogen-bond donors (Lipinski definition) is 2. The quantitative estimate of drug-likeness (QED) is 0.751. The molecule has 0 aliphatic carbocycles. The van der Waals surface area contributed by atoms with E-state index in [4.69, 9.17) is 4.98 Å². The van der Waals surface area contributed by atoms with Crippen molar-refractivity contribution in [2.45, 2.75) is 12.5 Å². The number of hydrogen-bond acceptors (Lipinski definition) is 4. The summed E-state index contributed by atoms with van der Waals surface area (Å²) < 4.78 is 0. The first-order chi connectivity index (χ1) is 13.2. The van der Waals surface area contributed by atoms with Crippen LogP contribution >= 0.6 is 0 Å². The van der Waals surface area contributed by atoms with E-state index < -0.39 is 6.10 Å². The highest BCUT2D eigenvalue weighted by atomic mass is 16.3. The number of aliphatic hydroxyl groups excluding tert-OH is 2. The van der Waals surface area contributed by atoms with Gasteiger partial charge in [0.15, 0.2) is 0 Å². The zero-order valence-electron chi connectivity index (χ0n) is 15.0. The summed E-state index contributed by atoms with van der Waals surface area (Å²) in [4.78, 5) is 19.7. The van der Waals surface area contributed by atoms with Crippen LogP contribution in [0, 0.1) is 5.92 Å². The molecule has 2 atom stereocenters. The molecule has 5 nitrogen and oxygen atoms in total. The van der Waals surface area contributed by atoms with Crippen LogP contribution in [0.5, 0.6) is 0 Å². The van der Waals surface area contributed by atoms with E-state index in [0.29, 0.717) is 18.5 Å². The van der Waals surface area contributed by atoms with Crippen molar-refractivity contribution in [3.63, 3.8) is 0 Å². The normalized spacial score (nSPS) is 20.0. The first-order valence-electron chi connectivity index (χ1n) is 9.21. The highest BCUT2D eigenvalue weighted by Crippen LogP contribution is 2.27. The van der Waals surface area contributed by atoms with Gasteiger partial charge in [0.1, 0.15) is 0 Å². The Hall–Kier alpha value is -2.76. The molecule has 4 rings (SSSR count). The topological polar surface area (TPSA) is 73.7 Å². The van der Waals surface area contributed by atoms with Gasteiger partial charge in [0.25, 0.3) is 5.91 Å². The van der Waals surface area contributed by atoms with Crippen LogP contribution < -0.4 is 0 Å². The molecule has 27 heavy (non-hydrogen) atoms. The fourth-order valence-corrected chi connectivity index (χ4v) is 3.66. The predicted octanol–water partition coefficient (Wildman–Crippen LogP) is 2.72. The third-order valence-electron chi connectivity index (χ3n) is 5.26. The number of fused-ring (bicyclic) bond motifs is 1. The maximum atomic E-state index is 13.3. The number of pyridine rings is 1. The minimum Gasteiger partial charge on any atom is -0.396 e. The van der Waals surface area contributed by atoms with Crippen molar-refractivity contribution in [3.05, 3.63) is 66.2 Å².